The Morgan fingerprint density at radius 1 is 1.38 bits per heavy atom. The number of hydrogen-bond acceptors (Lipinski definition) is 4. The smallest absolute Gasteiger partial charge is 0.317 e. The summed E-state index contributed by atoms with van der Waals surface area (Å²) < 4.78 is 5.16. The van der Waals surface area contributed by atoms with Gasteiger partial charge < -0.3 is 15.0 Å². The topological polar surface area (TPSA) is 54.5 Å². The van der Waals surface area contributed by atoms with Crippen LogP contribution in [0.1, 0.15) is 28.8 Å². The lowest BCUT2D eigenvalue weighted by Crippen LogP contribution is -2.41. The van der Waals surface area contributed by atoms with Crippen LogP contribution in [0.5, 0.6) is 5.75 Å². The number of nitrogens with one attached hydrogen (secondary N) is 1. The number of urea groups is 1. The number of benzene rings is 1. The van der Waals surface area contributed by atoms with Gasteiger partial charge in [-0.1, -0.05) is 12.1 Å². The van der Waals surface area contributed by atoms with E-state index in [0.717, 1.165) is 28.5 Å². The van der Waals surface area contributed by atoms with Gasteiger partial charge in [0.2, 0.25) is 0 Å². The molecule has 1 heterocycles. The van der Waals surface area contributed by atoms with Gasteiger partial charge >= 0.3 is 6.03 Å². The minimum Gasteiger partial charge on any atom is -0.497 e. The Hall–Kier alpha value is -2.08. The normalized spacial score (nSPS) is 11.8. The summed E-state index contributed by atoms with van der Waals surface area (Å²) in [6.07, 6.45) is 3.64. The molecule has 5 nitrogen and oxygen atoms in total. The number of carbonyl (C=O) groups is 1. The summed E-state index contributed by atoms with van der Waals surface area (Å²) >= 11 is 1.62. The molecule has 0 fully saturated rings. The number of hydrogen-bond donors (Lipinski definition) is 1. The van der Waals surface area contributed by atoms with E-state index in [1.807, 2.05) is 32.2 Å². The maximum Gasteiger partial charge on any atom is 0.317 e. The number of ether oxygens (including phenoxy) is 1. The molecule has 0 aliphatic carbocycles. The molecule has 0 unspecified atom stereocenters. The molecule has 24 heavy (non-hydrogen) atoms. The standard InChI is InChI=1S/C18H25N3O2S/c1-13(5-6-15-7-9-16(23-4)10-8-15)20-18(22)21(3)12-17-11-19-14(2)24-17/h7-11,13H,5-6,12H2,1-4H3,(H,20,22)/t13-/m1/s1. The van der Waals surface area contributed by atoms with E-state index in [9.17, 15) is 4.79 Å². The summed E-state index contributed by atoms with van der Waals surface area (Å²) in [5.74, 6) is 0.861. The monoisotopic (exact) mass is 347 g/mol. The van der Waals surface area contributed by atoms with Gasteiger partial charge in [-0.05, 0) is 44.4 Å². The minimum absolute atomic E-state index is 0.0525. The van der Waals surface area contributed by atoms with E-state index in [-0.39, 0.29) is 12.1 Å². The van der Waals surface area contributed by atoms with Crippen molar-refractivity contribution in [1.29, 1.82) is 0 Å². The molecule has 1 atom stereocenters. The summed E-state index contributed by atoms with van der Waals surface area (Å²) in [4.78, 5) is 19.2. The average molecular weight is 347 g/mol. The van der Waals surface area contributed by atoms with Gasteiger partial charge in [-0.2, -0.15) is 0 Å². The SMILES string of the molecule is COc1ccc(CC[C@@H](C)NC(=O)N(C)Cc2cnc(C)s2)cc1. The molecule has 2 amide bonds. The van der Waals surface area contributed by atoms with E-state index >= 15 is 0 Å². The second-order valence-electron chi connectivity index (χ2n) is 5.94. The van der Waals surface area contributed by atoms with Crippen LogP contribution in [0.15, 0.2) is 30.5 Å². The van der Waals surface area contributed by atoms with Crippen LogP contribution in [0.4, 0.5) is 4.79 Å². The average Bonchev–Trinajstić information content (AvgIpc) is 2.98. The predicted octanol–water partition coefficient (Wildman–Crippen LogP) is 3.62. The summed E-state index contributed by atoms with van der Waals surface area (Å²) in [6.45, 7) is 4.59. The molecule has 2 aromatic rings. The maximum atomic E-state index is 12.2. The lowest BCUT2D eigenvalue weighted by atomic mass is 10.1. The molecular formula is C18H25N3O2S. The van der Waals surface area contributed by atoms with Crippen LogP contribution in [0, 0.1) is 6.92 Å². The van der Waals surface area contributed by atoms with Crippen molar-refractivity contribution in [3.63, 3.8) is 0 Å². The third-order valence-corrected chi connectivity index (χ3v) is 4.70. The van der Waals surface area contributed by atoms with Crippen LogP contribution < -0.4 is 10.1 Å². The molecule has 0 radical (unpaired) electrons. The highest BCUT2D eigenvalue weighted by Gasteiger charge is 2.13. The number of nitrogens with zero attached hydrogens (tertiary/aromatic N) is 2. The first-order valence-electron chi connectivity index (χ1n) is 8.04. The maximum absolute atomic E-state index is 12.2. The van der Waals surface area contributed by atoms with Gasteiger partial charge in [0.05, 0.1) is 18.7 Å². The van der Waals surface area contributed by atoms with E-state index in [4.69, 9.17) is 4.74 Å². The molecule has 0 spiro atoms. The molecule has 1 N–H and O–H groups in total. The van der Waals surface area contributed by atoms with Crippen LogP contribution in [-0.4, -0.2) is 36.1 Å². The van der Waals surface area contributed by atoms with Crippen molar-refractivity contribution in [2.75, 3.05) is 14.2 Å². The van der Waals surface area contributed by atoms with Crippen molar-refractivity contribution in [1.82, 2.24) is 15.2 Å². The molecule has 6 heteroatoms. The zero-order valence-corrected chi connectivity index (χ0v) is 15.5. The molecule has 0 aliphatic rings. The number of thiazole rings is 1. The predicted molar refractivity (Wildman–Crippen MR) is 97.6 cm³/mol. The number of aromatic nitrogens is 1. The van der Waals surface area contributed by atoms with Crippen LogP contribution in [0.3, 0.4) is 0 Å². The first kappa shape index (κ1) is 18.3. The summed E-state index contributed by atoms with van der Waals surface area (Å²) in [5, 5.41) is 4.07. The minimum atomic E-state index is -0.0525. The lowest BCUT2D eigenvalue weighted by molar-refractivity contribution is 0.203. The fraction of sp³-hybridized carbons (Fsp3) is 0.444. The molecule has 1 aromatic heterocycles. The Morgan fingerprint density at radius 3 is 2.67 bits per heavy atom. The van der Waals surface area contributed by atoms with E-state index in [1.54, 1.807) is 30.4 Å². The highest BCUT2D eigenvalue weighted by molar-refractivity contribution is 7.11. The number of methoxy groups -OCH3 is 1. The van der Waals surface area contributed by atoms with Gasteiger partial charge in [-0.15, -0.1) is 11.3 Å². The summed E-state index contributed by atoms with van der Waals surface area (Å²) in [6, 6.07) is 8.11. The second kappa shape index (κ2) is 8.68. The van der Waals surface area contributed by atoms with Crippen molar-refractivity contribution in [3.8, 4) is 5.75 Å². The first-order chi connectivity index (χ1) is 11.5. The summed E-state index contributed by atoms with van der Waals surface area (Å²) in [5.41, 5.74) is 1.24. The van der Waals surface area contributed by atoms with Crippen LogP contribution in [0.25, 0.3) is 0 Å². The lowest BCUT2D eigenvalue weighted by Gasteiger charge is -2.21. The summed E-state index contributed by atoms with van der Waals surface area (Å²) in [7, 11) is 3.47. The van der Waals surface area contributed by atoms with E-state index in [2.05, 4.69) is 22.4 Å². The van der Waals surface area contributed by atoms with Crippen molar-refractivity contribution in [2.45, 2.75) is 39.3 Å². The number of aryl methyl sites for hydroxylation is 2. The van der Waals surface area contributed by atoms with Gasteiger partial charge in [0.15, 0.2) is 0 Å². The number of amides is 2. The Kier molecular flexibility index (Phi) is 6.61. The molecule has 0 saturated heterocycles. The first-order valence-corrected chi connectivity index (χ1v) is 8.85. The third kappa shape index (κ3) is 5.53. The Bertz CT molecular complexity index is 655. The molecule has 0 aliphatic heterocycles. The fourth-order valence-corrected chi connectivity index (χ4v) is 3.20. The Balaban J connectivity index is 1.75. The zero-order valence-electron chi connectivity index (χ0n) is 14.7. The van der Waals surface area contributed by atoms with Gasteiger partial charge in [-0.25, -0.2) is 9.78 Å². The number of carbonyl (C=O) groups excluding carboxylic acids is 1. The van der Waals surface area contributed by atoms with Crippen molar-refractivity contribution >= 4 is 17.4 Å². The van der Waals surface area contributed by atoms with Gasteiger partial charge in [0.1, 0.15) is 5.75 Å². The molecule has 2 rings (SSSR count). The molecule has 130 valence electrons. The Labute approximate surface area is 147 Å². The number of rotatable bonds is 7. The van der Waals surface area contributed by atoms with Gasteiger partial charge in [0, 0.05) is 24.2 Å². The second-order valence-corrected chi connectivity index (χ2v) is 7.26. The van der Waals surface area contributed by atoms with Gasteiger partial charge in [0.25, 0.3) is 0 Å². The zero-order chi connectivity index (χ0) is 17.5. The highest BCUT2D eigenvalue weighted by Crippen LogP contribution is 2.14. The van der Waals surface area contributed by atoms with Crippen molar-refractivity contribution in [2.24, 2.45) is 0 Å². The quantitative estimate of drug-likeness (QED) is 0.832. The van der Waals surface area contributed by atoms with E-state index in [1.165, 1.54) is 5.56 Å². The van der Waals surface area contributed by atoms with Crippen LogP contribution in [0.2, 0.25) is 0 Å². The highest BCUT2D eigenvalue weighted by atomic mass is 32.1. The third-order valence-electron chi connectivity index (χ3n) is 3.80. The fourth-order valence-electron chi connectivity index (χ4n) is 2.35. The van der Waals surface area contributed by atoms with Crippen LogP contribution in [-0.2, 0) is 13.0 Å². The van der Waals surface area contributed by atoms with Gasteiger partial charge in [-0.3, -0.25) is 0 Å². The van der Waals surface area contributed by atoms with Crippen molar-refractivity contribution in [3.05, 3.63) is 45.9 Å². The molecule has 0 bridgehead atoms. The van der Waals surface area contributed by atoms with E-state index < -0.39 is 0 Å². The Morgan fingerprint density at radius 2 is 2.08 bits per heavy atom. The molecular weight excluding hydrogens is 322 g/mol. The van der Waals surface area contributed by atoms with Crippen molar-refractivity contribution < 1.29 is 9.53 Å². The molecule has 0 saturated carbocycles. The largest absolute Gasteiger partial charge is 0.497 e. The van der Waals surface area contributed by atoms with Crippen LogP contribution >= 0.6 is 11.3 Å². The molecule has 1 aromatic carbocycles. The van der Waals surface area contributed by atoms with E-state index in [0.29, 0.717) is 6.54 Å².